The van der Waals surface area contributed by atoms with Gasteiger partial charge in [-0.3, -0.25) is 9.59 Å². The molecule has 4 saturated carbocycles. The van der Waals surface area contributed by atoms with Gasteiger partial charge in [0.2, 0.25) is 5.78 Å². The summed E-state index contributed by atoms with van der Waals surface area (Å²) in [5.74, 6) is 2.18. The molecule has 0 aromatic heterocycles. The summed E-state index contributed by atoms with van der Waals surface area (Å²) in [4.78, 5) is 25.0. The molecule has 4 fully saturated rings. The first kappa shape index (κ1) is 16.8. The molecule has 134 valence electrons. The van der Waals surface area contributed by atoms with Gasteiger partial charge >= 0.3 is 5.97 Å². The van der Waals surface area contributed by atoms with Crippen molar-refractivity contribution in [1.82, 2.24) is 0 Å². The summed E-state index contributed by atoms with van der Waals surface area (Å²) in [5, 5.41) is 0. The van der Waals surface area contributed by atoms with Crippen LogP contribution in [0.2, 0.25) is 0 Å². The van der Waals surface area contributed by atoms with Gasteiger partial charge in [-0.2, -0.15) is 0 Å². The summed E-state index contributed by atoms with van der Waals surface area (Å²) in [6.45, 7) is 3.68. The average molecular weight is 340 g/mol. The molecule has 4 aliphatic carbocycles. The van der Waals surface area contributed by atoms with Gasteiger partial charge in [0.25, 0.3) is 0 Å². The highest BCUT2D eigenvalue weighted by Crippen LogP contribution is 2.61. The maximum Gasteiger partial charge on any atom is 0.307 e. The predicted octanol–water partition coefficient (Wildman–Crippen LogP) is 4.72. The third-order valence-electron chi connectivity index (χ3n) is 6.70. The van der Waals surface area contributed by atoms with Crippen molar-refractivity contribution in [3.63, 3.8) is 0 Å². The Balaban J connectivity index is 1.37. The predicted molar refractivity (Wildman–Crippen MR) is 96.3 cm³/mol. The molecule has 25 heavy (non-hydrogen) atoms. The number of benzene rings is 1. The first-order valence-corrected chi connectivity index (χ1v) is 9.73. The number of esters is 1. The molecule has 0 N–H and O–H groups in total. The van der Waals surface area contributed by atoms with Crippen molar-refractivity contribution in [2.45, 2.75) is 64.9 Å². The zero-order valence-corrected chi connectivity index (χ0v) is 15.3. The second-order valence-electron chi connectivity index (χ2n) is 8.96. The number of Topliss-reactive ketones (excluding diaryl/α,β-unsaturated/α-hetero) is 1. The lowest BCUT2D eigenvalue weighted by molar-refractivity contribution is -0.154. The standard InChI is InChI=1S/C22H28O3/c1-14-3-5-19(6-4-14)21(24)15(2)25-20(23)13-22-10-16-7-17(11-22)9-18(8-16)12-22/h3-6,15-18H,7-13H2,1-2H3/t15-,16?,17?,18?,22?/m0/s1. The molecule has 0 unspecified atom stereocenters. The van der Waals surface area contributed by atoms with Gasteiger partial charge < -0.3 is 4.74 Å². The molecule has 0 spiro atoms. The summed E-state index contributed by atoms with van der Waals surface area (Å²) in [7, 11) is 0. The van der Waals surface area contributed by atoms with E-state index >= 15 is 0 Å². The smallest absolute Gasteiger partial charge is 0.307 e. The molecule has 0 radical (unpaired) electrons. The van der Waals surface area contributed by atoms with Crippen molar-refractivity contribution in [3.05, 3.63) is 35.4 Å². The number of carbonyl (C=O) groups is 2. The van der Waals surface area contributed by atoms with E-state index in [0.29, 0.717) is 12.0 Å². The highest BCUT2D eigenvalue weighted by Gasteiger charge is 2.51. The second kappa shape index (κ2) is 6.26. The molecule has 0 heterocycles. The van der Waals surface area contributed by atoms with E-state index in [1.54, 1.807) is 19.1 Å². The fourth-order valence-electron chi connectivity index (χ4n) is 6.06. The third kappa shape index (κ3) is 3.38. The van der Waals surface area contributed by atoms with E-state index < -0.39 is 6.10 Å². The minimum Gasteiger partial charge on any atom is -0.454 e. The molecule has 1 atom stereocenters. The van der Waals surface area contributed by atoms with Gasteiger partial charge in [-0.15, -0.1) is 0 Å². The molecule has 1 aromatic rings. The highest BCUT2D eigenvalue weighted by atomic mass is 16.5. The molecule has 1 aromatic carbocycles. The number of rotatable bonds is 5. The van der Waals surface area contributed by atoms with Crippen LogP contribution in [-0.4, -0.2) is 17.9 Å². The van der Waals surface area contributed by atoms with Crippen LogP contribution < -0.4 is 0 Å². The van der Waals surface area contributed by atoms with Gasteiger partial charge in [0.1, 0.15) is 0 Å². The summed E-state index contributed by atoms with van der Waals surface area (Å²) in [5.41, 5.74) is 1.89. The lowest BCUT2D eigenvalue weighted by Gasteiger charge is -2.56. The Morgan fingerprint density at radius 2 is 1.56 bits per heavy atom. The zero-order chi connectivity index (χ0) is 17.6. The molecule has 0 aliphatic heterocycles. The van der Waals surface area contributed by atoms with Crippen LogP contribution >= 0.6 is 0 Å². The van der Waals surface area contributed by atoms with Gasteiger partial charge in [0.15, 0.2) is 6.10 Å². The van der Waals surface area contributed by atoms with E-state index in [0.717, 1.165) is 23.3 Å². The van der Waals surface area contributed by atoms with Crippen molar-refractivity contribution >= 4 is 11.8 Å². The Kier molecular flexibility index (Phi) is 4.21. The monoisotopic (exact) mass is 340 g/mol. The third-order valence-corrected chi connectivity index (χ3v) is 6.70. The van der Waals surface area contributed by atoms with Gasteiger partial charge in [0.05, 0.1) is 6.42 Å². The van der Waals surface area contributed by atoms with Crippen LogP contribution in [0.3, 0.4) is 0 Å². The van der Waals surface area contributed by atoms with Crippen molar-refractivity contribution < 1.29 is 14.3 Å². The molecule has 0 amide bonds. The van der Waals surface area contributed by atoms with Crippen molar-refractivity contribution in [1.29, 1.82) is 0 Å². The second-order valence-corrected chi connectivity index (χ2v) is 8.96. The number of ether oxygens (including phenoxy) is 1. The zero-order valence-electron chi connectivity index (χ0n) is 15.3. The topological polar surface area (TPSA) is 43.4 Å². The van der Waals surface area contributed by atoms with Crippen LogP contribution in [0.4, 0.5) is 0 Å². The summed E-state index contributed by atoms with van der Waals surface area (Å²) in [6.07, 6.45) is 7.48. The van der Waals surface area contributed by atoms with E-state index in [1.807, 2.05) is 19.1 Å². The van der Waals surface area contributed by atoms with Crippen molar-refractivity contribution in [3.8, 4) is 0 Å². The lowest BCUT2D eigenvalue weighted by atomic mass is 9.49. The molecular weight excluding hydrogens is 312 g/mol. The van der Waals surface area contributed by atoms with Gasteiger partial charge in [0, 0.05) is 5.56 Å². The Hall–Kier alpha value is -1.64. The number of carbonyl (C=O) groups excluding carboxylic acids is 2. The largest absolute Gasteiger partial charge is 0.454 e. The van der Waals surface area contributed by atoms with E-state index in [4.69, 9.17) is 4.74 Å². The number of ketones is 1. The summed E-state index contributed by atoms with van der Waals surface area (Å²) < 4.78 is 5.55. The van der Waals surface area contributed by atoms with Crippen LogP contribution in [0.1, 0.15) is 67.8 Å². The van der Waals surface area contributed by atoms with Crippen LogP contribution in [0, 0.1) is 30.1 Å². The molecule has 5 rings (SSSR count). The molecule has 3 nitrogen and oxygen atoms in total. The first-order valence-electron chi connectivity index (χ1n) is 9.73. The Labute approximate surface area is 150 Å². The van der Waals surface area contributed by atoms with E-state index in [9.17, 15) is 9.59 Å². The molecular formula is C22H28O3. The minimum atomic E-state index is -0.705. The SMILES string of the molecule is Cc1ccc(C(=O)[C@H](C)OC(=O)CC23CC4CC(CC(C4)C2)C3)cc1. The van der Waals surface area contributed by atoms with Crippen molar-refractivity contribution in [2.75, 3.05) is 0 Å². The number of hydrogen-bond donors (Lipinski definition) is 0. The maximum atomic E-state index is 12.6. The Morgan fingerprint density at radius 3 is 2.08 bits per heavy atom. The van der Waals surface area contributed by atoms with Crippen LogP contribution in [0.5, 0.6) is 0 Å². The first-order chi connectivity index (χ1) is 11.9. The fourth-order valence-corrected chi connectivity index (χ4v) is 6.06. The van der Waals surface area contributed by atoms with E-state index in [-0.39, 0.29) is 17.2 Å². The Bertz CT molecular complexity index is 638. The van der Waals surface area contributed by atoms with Crippen LogP contribution in [0.25, 0.3) is 0 Å². The lowest BCUT2D eigenvalue weighted by Crippen LogP contribution is -2.47. The van der Waals surface area contributed by atoms with Crippen molar-refractivity contribution in [2.24, 2.45) is 23.2 Å². The summed E-state index contributed by atoms with van der Waals surface area (Å²) in [6, 6.07) is 7.44. The Morgan fingerprint density at radius 1 is 1.04 bits per heavy atom. The van der Waals surface area contributed by atoms with Crippen LogP contribution in [0.15, 0.2) is 24.3 Å². The maximum absolute atomic E-state index is 12.6. The van der Waals surface area contributed by atoms with E-state index in [1.165, 1.54) is 38.5 Å². The number of aryl methyl sites for hydroxylation is 1. The summed E-state index contributed by atoms with van der Waals surface area (Å²) >= 11 is 0. The van der Waals surface area contributed by atoms with Gasteiger partial charge in [-0.05, 0) is 75.5 Å². The number of hydrogen-bond acceptors (Lipinski definition) is 3. The van der Waals surface area contributed by atoms with Gasteiger partial charge in [-0.25, -0.2) is 0 Å². The van der Waals surface area contributed by atoms with Crippen LogP contribution in [-0.2, 0) is 9.53 Å². The van der Waals surface area contributed by atoms with Gasteiger partial charge in [-0.1, -0.05) is 29.8 Å². The quantitative estimate of drug-likeness (QED) is 0.575. The highest BCUT2D eigenvalue weighted by molar-refractivity contribution is 6.00. The fraction of sp³-hybridized carbons (Fsp3) is 0.636. The van der Waals surface area contributed by atoms with E-state index in [2.05, 4.69) is 0 Å². The molecule has 4 bridgehead atoms. The average Bonchev–Trinajstić information content (AvgIpc) is 2.52. The molecule has 4 aliphatic rings. The molecule has 3 heteroatoms. The normalized spacial score (nSPS) is 33.9. The molecule has 0 saturated heterocycles. The minimum absolute atomic E-state index is 0.112.